The van der Waals surface area contributed by atoms with Crippen LogP contribution in [0.1, 0.15) is 19.1 Å². The highest BCUT2D eigenvalue weighted by molar-refractivity contribution is 5.84. The van der Waals surface area contributed by atoms with E-state index in [1.165, 1.54) is 11.0 Å². The van der Waals surface area contributed by atoms with E-state index in [4.69, 9.17) is 9.15 Å². The minimum absolute atomic E-state index is 0.0219. The smallest absolute Gasteiger partial charge is 0.243 e. The van der Waals surface area contributed by atoms with Gasteiger partial charge < -0.3 is 24.7 Å². The standard InChI is InChI=1S/C21H29FN4O3/c1-4-16(29-19-10-6-5-9-18(19)22)14-24-21(25-15-20(27)26(2)3)23-12-11-17-8-7-13-28-17/h5-10,13,16H,4,11-12,14-15H2,1-3H3,(H2,23,24,25). The maximum absolute atomic E-state index is 13.8. The highest BCUT2D eigenvalue weighted by Gasteiger charge is 2.13. The Bertz CT molecular complexity index is 778. The predicted octanol–water partition coefficient (Wildman–Crippen LogP) is 2.44. The highest BCUT2D eigenvalue weighted by atomic mass is 19.1. The van der Waals surface area contributed by atoms with E-state index in [0.29, 0.717) is 31.9 Å². The quantitative estimate of drug-likeness (QED) is 0.470. The Morgan fingerprint density at radius 2 is 2.03 bits per heavy atom. The van der Waals surface area contributed by atoms with Gasteiger partial charge in [0.2, 0.25) is 5.91 Å². The molecular formula is C21H29FN4O3. The van der Waals surface area contributed by atoms with Crippen LogP contribution in [0, 0.1) is 5.82 Å². The van der Waals surface area contributed by atoms with Crippen LogP contribution in [-0.4, -0.2) is 56.6 Å². The van der Waals surface area contributed by atoms with Crippen molar-refractivity contribution in [3.05, 3.63) is 54.2 Å². The Morgan fingerprint density at radius 3 is 2.69 bits per heavy atom. The zero-order chi connectivity index (χ0) is 21.1. The number of hydrogen-bond acceptors (Lipinski definition) is 4. The van der Waals surface area contributed by atoms with E-state index in [9.17, 15) is 9.18 Å². The zero-order valence-corrected chi connectivity index (χ0v) is 17.2. The molecule has 158 valence electrons. The minimum Gasteiger partial charge on any atom is -0.486 e. The van der Waals surface area contributed by atoms with Gasteiger partial charge in [-0.15, -0.1) is 0 Å². The molecule has 0 aliphatic carbocycles. The van der Waals surface area contributed by atoms with Gasteiger partial charge in [0.05, 0.1) is 12.8 Å². The SMILES string of the molecule is CCC(CNC(=NCC(=O)N(C)C)NCCc1ccco1)Oc1ccccc1F. The monoisotopic (exact) mass is 404 g/mol. The number of halogens is 1. The summed E-state index contributed by atoms with van der Waals surface area (Å²) in [7, 11) is 3.37. The van der Waals surface area contributed by atoms with Gasteiger partial charge >= 0.3 is 0 Å². The van der Waals surface area contributed by atoms with Gasteiger partial charge in [-0.1, -0.05) is 19.1 Å². The van der Waals surface area contributed by atoms with Crippen LogP contribution in [0.15, 0.2) is 52.1 Å². The summed E-state index contributed by atoms with van der Waals surface area (Å²) in [5, 5.41) is 6.36. The van der Waals surface area contributed by atoms with Crippen molar-refractivity contribution in [2.24, 2.45) is 4.99 Å². The number of likely N-dealkylation sites (N-methyl/N-ethyl adjacent to an activating group) is 1. The molecule has 1 heterocycles. The van der Waals surface area contributed by atoms with Crippen LogP contribution >= 0.6 is 0 Å². The topological polar surface area (TPSA) is 79.1 Å². The average Bonchev–Trinajstić information content (AvgIpc) is 3.23. The lowest BCUT2D eigenvalue weighted by atomic mass is 10.2. The molecule has 0 aliphatic heterocycles. The molecule has 1 unspecified atom stereocenters. The number of amides is 1. The Kier molecular flexibility index (Phi) is 9.01. The number of guanidine groups is 1. The van der Waals surface area contributed by atoms with Crippen LogP contribution in [0.4, 0.5) is 4.39 Å². The maximum Gasteiger partial charge on any atom is 0.243 e. The second-order valence-corrected chi connectivity index (χ2v) is 6.67. The van der Waals surface area contributed by atoms with Crippen molar-refractivity contribution in [2.75, 3.05) is 33.7 Å². The van der Waals surface area contributed by atoms with E-state index in [2.05, 4.69) is 15.6 Å². The van der Waals surface area contributed by atoms with Crippen molar-refractivity contribution in [1.29, 1.82) is 0 Å². The van der Waals surface area contributed by atoms with Gasteiger partial charge in [0.15, 0.2) is 17.5 Å². The second-order valence-electron chi connectivity index (χ2n) is 6.67. The third-order valence-electron chi connectivity index (χ3n) is 4.20. The van der Waals surface area contributed by atoms with Gasteiger partial charge in [0.25, 0.3) is 0 Å². The Labute approximate surface area is 170 Å². The largest absolute Gasteiger partial charge is 0.486 e. The van der Waals surface area contributed by atoms with Crippen molar-refractivity contribution >= 4 is 11.9 Å². The van der Waals surface area contributed by atoms with Crippen LogP contribution in [0.2, 0.25) is 0 Å². The number of nitrogens with one attached hydrogen (secondary N) is 2. The van der Waals surface area contributed by atoms with Crippen LogP contribution in [-0.2, 0) is 11.2 Å². The van der Waals surface area contributed by atoms with E-state index < -0.39 is 5.82 Å². The van der Waals surface area contributed by atoms with Gasteiger partial charge in [-0.2, -0.15) is 0 Å². The minimum atomic E-state index is -0.395. The molecule has 2 aromatic rings. The first kappa shape index (κ1) is 22.3. The molecule has 1 amide bonds. The summed E-state index contributed by atoms with van der Waals surface area (Å²) < 4.78 is 24.9. The van der Waals surface area contributed by atoms with Crippen molar-refractivity contribution < 1.29 is 18.3 Å². The molecule has 0 aliphatic rings. The van der Waals surface area contributed by atoms with Crippen LogP contribution in [0.3, 0.4) is 0 Å². The van der Waals surface area contributed by atoms with E-state index in [1.807, 2.05) is 19.1 Å². The lowest BCUT2D eigenvalue weighted by molar-refractivity contribution is -0.127. The molecule has 29 heavy (non-hydrogen) atoms. The lowest BCUT2D eigenvalue weighted by Crippen LogP contribution is -2.43. The Hall–Kier alpha value is -3.03. The normalized spacial score (nSPS) is 12.3. The fraction of sp³-hybridized carbons (Fsp3) is 0.429. The molecule has 0 radical (unpaired) electrons. The summed E-state index contributed by atoms with van der Waals surface area (Å²) in [5.74, 6) is 1.06. The maximum atomic E-state index is 13.8. The number of hydrogen-bond donors (Lipinski definition) is 2. The average molecular weight is 404 g/mol. The number of rotatable bonds is 10. The van der Waals surface area contributed by atoms with Crippen molar-refractivity contribution in [3.8, 4) is 5.75 Å². The van der Waals surface area contributed by atoms with Crippen molar-refractivity contribution in [2.45, 2.75) is 25.9 Å². The Morgan fingerprint density at radius 1 is 1.24 bits per heavy atom. The van der Waals surface area contributed by atoms with E-state index in [-0.39, 0.29) is 24.3 Å². The number of carbonyl (C=O) groups is 1. The molecular weight excluding hydrogens is 375 g/mol. The fourth-order valence-electron chi connectivity index (χ4n) is 2.42. The summed E-state index contributed by atoms with van der Waals surface area (Å²) in [6.07, 6.45) is 2.73. The van der Waals surface area contributed by atoms with Gasteiger partial charge in [0, 0.05) is 27.1 Å². The number of benzene rings is 1. The fourth-order valence-corrected chi connectivity index (χ4v) is 2.42. The van der Waals surface area contributed by atoms with Crippen LogP contribution in [0.25, 0.3) is 0 Å². The molecule has 0 saturated carbocycles. The van der Waals surface area contributed by atoms with Gasteiger partial charge in [-0.3, -0.25) is 4.79 Å². The molecule has 7 nitrogen and oxygen atoms in total. The first-order valence-electron chi connectivity index (χ1n) is 9.65. The number of carbonyl (C=O) groups excluding carboxylic acids is 1. The molecule has 1 aromatic heterocycles. The Balaban J connectivity index is 1.93. The number of para-hydroxylation sites is 1. The number of furan rings is 1. The first-order valence-corrected chi connectivity index (χ1v) is 9.65. The number of aliphatic imine (C=N–C) groups is 1. The van der Waals surface area contributed by atoms with E-state index in [1.54, 1.807) is 38.6 Å². The predicted molar refractivity (Wildman–Crippen MR) is 111 cm³/mol. The van der Waals surface area contributed by atoms with Crippen molar-refractivity contribution in [1.82, 2.24) is 15.5 Å². The van der Waals surface area contributed by atoms with E-state index in [0.717, 1.165) is 5.76 Å². The lowest BCUT2D eigenvalue weighted by Gasteiger charge is -2.20. The summed E-state index contributed by atoms with van der Waals surface area (Å²) in [6, 6.07) is 10.1. The van der Waals surface area contributed by atoms with Gasteiger partial charge in [0.1, 0.15) is 18.4 Å². The van der Waals surface area contributed by atoms with Crippen LogP contribution in [0.5, 0.6) is 5.75 Å². The molecule has 2 rings (SSSR count). The molecule has 1 aromatic carbocycles. The molecule has 2 N–H and O–H groups in total. The molecule has 0 saturated heterocycles. The number of ether oxygens (including phenoxy) is 1. The van der Waals surface area contributed by atoms with E-state index >= 15 is 0 Å². The molecule has 8 heteroatoms. The molecule has 0 bridgehead atoms. The van der Waals surface area contributed by atoms with Gasteiger partial charge in [-0.25, -0.2) is 9.38 Å². The number of nitrogens with zero attached hydrogens (tertiary/aromatic N) is 2. The van der Waals surface area contributed by atoms with Gasteiger partial charge in [-0.05, 0) is 30.7 Å². The summed E-state index contributed by atoms with van der Waals surface area (Å²) in [6.45, 7) is 2.98. The first-order chi connectivity index (χ1) is 14.0. The van der Waals surface area contributed by atoms with Crippen LogP contribution < -0.4 is 15.4 Å². The summed E-state index contributed by atoms with van der Waals surface area (Å²) >= 11 is 0. The summed E-state index contributed by atoms with van der Waals surface area (Å²) in [5.41, 5.74) is 0. The second kappa shape index (κ2) is 11.7. The molecule has 0 spiro atoms. The highest BCUT2D eigenvalue weighted by Crippen LogP contribution is 2.17. The summed E-state index contributed by atoms with van der Waals surface area (Å²) in [4.78, 5) is 17.7. The molecule has 0 fully saturated rings. The molecule has 1 atom stereocenters. The van der Waals surface area contributed by atoms with Crippen molar-refractivity contribution in [3.63, 3.8) is 0 Å². The third kappa shape index (κ3) is 7.85. The zero-order valence-electron chi connectivity index (χ0n) is 17.2. The third-order valence-corrected chi connectivity index (χ3v) is 4.20.